The minimum absolute atomic E-state index is 0.113. The van der Waals surface area contributed by atoms with E-state index in [-0.39, 0.29) is 12.4 Å². The Morgan fingerprint density at radius 1 is 1.47 bits per heavy atom. The maximum absolute atomic E-state index is 13.0. The van der Waals surface area contributed by atoms with Crippen LogP contribution in [0.4, 0.5) is 4.39 Å². The second-order valence-electron chi connectivity index (χ2n) is 3.33. The normalized spacial score (nSPS) is 10.6. The number of imidazole rings is 1. The van der Waals surface area contributed by atoms with E-state index in [1.54, 1.807) is 12.1 Å². The fourth-order valence-corrected chi connectivity index (χ4v) is 1.42. The smallest absolute Gasteiger partial charge is 0.138 e. The van der Waals surface area contributed by atoms with Crippen molar-refractivity contribution in [2.24, 2.45) is 0 Å². The molecule has 0 atom stereocenters. The van der Waals surface area contributed by atoms with E-state index < -0.39 is 0 Å². The summed E-state index contributed by atoms with van der Waals surface area (Å²) >= 11 is 0. The molecule has 0 aliphatic heterocycles. The summed E-state index contributed by atoms with van der Waals surface area (Å²) in [6.45, 7) is 1.71. The number of H-pyrrole nitrogens is 1. The van der Waals surface area contributed by atoms with Crippen LogP contribution in [0.2, 0.25) is 0 Å². The van der Waals surface area contributed by atoms with E-state index in [0.29, 0.717) is 17.1 Å². The lowest BCUT2D eigenvalue weighted by Gasteiger charge is -1.95. The maximum atomic E-state index is 13.0. The molecule has 1 aromatic carbocycles. The van der Waals surface area contributed by atoms with Crippen molar-refractivity contribution in [3.8, 4) is 11.4 Å². The lowest BCUT2D eigenvalue weighted by molar-refractivity contribution is 0.276. The first kappa shape index (κ1) is 9.86. The summed E-state index contributed by atoms with van der Waals surface area (Å²) in [5, 5.41) is 8.98. The lowest BCUT2D eigenvalue weighted by atomic mass is 10.2. The van der Waals surface area contributed by atoms with Gasteiger partial charge in [0.1, 0.15) is 11.6 Å². The van der Waals surface area contributed by atoms with Gasteiger partial charge in [-0.1, -0.05) is 12.1 Å². The van der Waals surface area contributed by atoms with Crippen molar-refractivity contribution < 1.29 is 9.50 Å². The molecule has 0 aliphatic rings. The first-order valence-electron chi connectivity index (χ1n) is 4.63. The molecule has 0 saturated heterocycles. The minimum Gasteiger partial charge on any atom is -0.390 e. The number of aryl methyl sites for hydroxylation is 1. The molecule has 4 heteroatoms. The van der Waals surface area contributed by atoms with Gasteiger partial charge < -0.3 is 10.1 Å². The molecule has 15 heavy (non-hydrogen) atoms. The Bertz CT molecular complexity index is 479. The Balaban J connectivity index is 2.45. The maximum Gasteiger partial charge on any atom is 0.138 e. The van der Waals surface area contributed by atoms with Gasteiger partial charge in [0.05, 0.1) is 12.3 Å². The molecule has 0 aliphatic carbocycles. The Morgan fingerprint density at radius 2 is 2.27 bits per heavy atom. The predicted molar refractivity (Wildman–Crippen MR) is 54.6 cm³/mol. The Kier molecular flexibility index (Phi) is 2.51. The lowest BCUT2D eigenvalue weighted by Crippen LogP contribution is -1.85. The van der Waals surface area contributed by atoms with Gasteiger partial charge >= 0.3 is 0 Å². The highest BCUT2D eigenvalue weighted by Crippen LogP contribution is 2.18. The van der Waals surface area contributed by atoms with Crippen LogP contribution in [-0.2, 0) is 6.61 Å². The van der Waals surface area contributed by atoms with Gasteiger partial charge in [0.15, 0.2) is 0 Å². The van der Waals surface area contributed by atoms with E-state index in [2.05, 4.69) is 9.97 Å². The number of aliphatic hydroxyl groups is 1. The molecule has 0 radical (unpaired) electrons. The largest absolute Gasteiger partial charge is 0.390 e. The Labute approximate surface area is 86.6 Å². The predicted octanol–water partition coefficient (Wildman–Crippen LogP) is 2.02. The summed E-state index contributed by atoms with van der Waals surface area (Å²) < 4.78 is 13.0. The number of rotatable bonds is 2. The molecule has 0 saturated carbocycles. The van der Waals surface area contributed by atoms with E-state index in [0.717, 1.165) is 5.69 Å². The number of benzene rings is 1. The molecular formula is C11H11FN2O. The van der Waals surface area contributed by atoms with Crippen molar-refractivity contribution in [1.82, 2.24) is 9.97 Å². The number of aromatic nitrogens is 2. The first-order valence-corrected chi connectivity index (χ1v) is 4.63. The molecule has 3 nitrogen and oxygen atoms in total. The van der Waals surface area contributed by atoms with Crippen molar-refractivity contribution in [1.29, 1.82) is 0 Å². The molecule has 2 rings (SSSR count). The molecule has 2 aromatic rings. The van der Waals surface area contributed by atoms with Crippen LogP contribution < -0.4 is 0 Å². The summed E-state index contributed by atoms with van der Waals surface area (Å²) in [4.78, 5) is 7.17. The fraction of sp³-hybridized carbons (Fsp3) is 0.182. The first-order chi connectivity index (χ1) is 7.20. The Hall–Kier alpha value is -1.68. The monoisotopic (exact) mass is 206 g/mol. The Morgan fingerprint density at radius 3 is 2.87 bits per heavy atom. The van der Waals surface area contributed by atoms with Gasteiger partial charge in [-0.2, -0.15) is 0 Å². The molecule has 0 spiro atoms. The molecule has 0 fully saturated rings. The van der Waals surface area contributed by atoms with Crippen LogP contribution in [0.1, 0.15) is 11.4 Å². The van der Waals surface area contributed by atoms with Crippen molar-refractivity contribution in [2.45, 2.75) is 13.5 Å². The molecule has 78 valence electrons. The van der Waals surface area contributed by atoms with Crippen LogP contribution in [0.25, 0.3) is 11.4 Å². The van der Waals surface area contributed by atoms with Gasteiger partial charge in [-0.25, -0.2) is 9.37 Å². The zero-order valence-corrected chi connectivity index (χ0v) is 8.29. The number of aromatic amines is 1. The van der Waals surface area contributed by atoms with E-state index in [4.69, 9.17) is 5.11 Å². The van der Waals surface area contributed by atoms with Gasteiger partial charge in [0.25, 0.3) is 0 Å². The molecular weight excluding hydrogens is 195 g/mol. The molecule has 0 unspecified atom stereocenters. The summed E-state index contributed by atoms with van der Waals surface area (Å²) in [5.41, 5.74) is 2.07. The summed E-state index contributed by atoms with van der Waals surface area (Å²) in [6.07, 6.45) is 0. The van der Waals surface area contributed by atoms with Crippen molar-refractivity contribution in [3.05, 3.63) is 41.5 Å². The highest BCUT2D eigenvalue weighted by atomic mass is 19.1. The minimum atomic E-state index is -0.299. The van der Waals surface area contributed by atoms with Gasteiger partial charge in [-0.05, 0) is 19.1 Å². The number of nitrogens with one attached hydrogen (secondary N) is 1. The fourth-order valence-electron chi connectivity index (χ4n) is 1.42. The second kappa shape index (κ2) is 3.82. The zero-order chi connectivity index (χ0) is 10.8. The number of hydrogen-bond donors (Lipinski definition) is 2. The standard InChI is InChI=1S/C11H11FN2O/c1-7-10(6-15)14-11(13-7)8-3-2-4-9(12)5-8/h2-5,15H,6H2,1H3,(H,13,14). The molecule has 0 amide bonds. The average molecular weight is 206 g/mol. The van der Waals surface area contributed by atoms with E-state index in [1.165, 1.54) is 12.1 Å². The average Bonchev–Trinajstić information content (AvgIpc) is 2.60. The quantitative estimate of drug-likeness (QED) is 0.789. The number of halogens is 1. The topological polar surface area (TPSA) is 48.9 Å². The molecule has 1 heterocycles. The number of aliphatic hydroxyl groups excluding tert-OH is 1. The highest BCUT2D eigenvalue weighted by molar-refractivity contribution is 5.55. The molecule has 0 bridgehead atoms. The van der Waals surface area contributed by atoms with Gasteiger partial charge in [0, 0.05) is 11.3 Å². The third-order valence-electron chi connectivity index (χ3n) is 2.23. The van der Waals surface area contributed by atoms with Crippen LogP contribution in [0.15, 0.2) is 24.3 Å². The van der Waals surface area contributed by atoms with Crippen LogP contribution in [0.3, 0.4) is 0 Å². The third kappa shape index (κ3) is 1.89. The van der Waals surface area contributed by atoms with Crippen LogP contribution in [-0.4, -0.2) is 15.1 Å². The number of nitrogens with zero attached hydrogens (tertiary/aromatic N) is 1. The summed E-state index contributed by atoms with van der Waals surface area (Å²) in [7, 11) is 0. The molecule has 1 aromatic heterocycles. The van der Waals surface area contributed by atoms with Crippen molar-refractivity contribution in [2.75, 3.05) is 0 Å². The van der Waals surface area contributed by atoms with Crippen molar-refractivity contribution in [3.63, 3.8) is 0 Å². The van der Waals surface area contributed by atoms with E-state index in [1.807, 2.05) is 6.92 Å². The van der Waals surface area contributed by atoms with Crippen molar-refractivity contribution >= 4 is 0 Å². The summed E-state index contributed by atoms with van der Waals surface area (Å²) in [5.74, 6) is 0.281. The second-order valence-corrected chi connectivity index (χ2v) is 3.33. The third-order valence-corrected chi connectivity index (χ3v) is 2.23. The van der Waals surface area contributed by atoms with Crippen LogP contribution >= 0.6 is 0 Å². The summed E-state index contributed by atoms with van der Waals surface area (Å²) in [6, 6.07) is 6.18. The van der Waals surface area contributed by atoms with E-state index >= 15 is 0 Å². The van der Waals surface area contributed by atoms with Gasteiger partial charge in [-0.15, -0.1) is 0 Å². The van der Waals surface area contributed by atoms with E-state index in [9.17, 15) is 4.39 Å². The number of hydrogen-bond acceptors (Lipinski definition) is 2. The van der Waals surface area contributed by atoms with Gasteiger partial charge in [-0.3, -0.25) is 0 Å². The van der Waals surface area contributed by atoms with Crippen LogP contribution in [0, 0.1) is 12.7 Å². The van der Waals surface area contributed by atoms with Gasteiger partial charge in [0.2, 0.25) is 0 Å². The SMILES string of the molecule is Cc1[nH]c(-c2cccc(F)c2)nc1CO. The van der Waals surface area contributed by atoms with Crippen LogP contribution in [0.5, 0.6) is 0 Å². The zero-order valence-electron chi connectivity index (χ0n) is 8.29. The highest BCUT2D eigenvalue weighted by Gasteiger charge is 2.07. The molecule has 2 N–H and O–H groups in total.